The van der Waals surface area contributed by atoms with Gasteiger partial charge in [-0.25, -0.2) is 4.98 Å². The van der Waals surface area contributed by atoms with Crippen LogP contribution in [0.5, 0.6) is 0 Å². The molecule has 48 heavy (non-hydrogen) atoms. The summed E-state index contributed by atoms with van der Waals surface area (Å²) in [4.78, 5) is 35.3. The van der Waals surface area contributed by atoms with Gasteiger partial charge < -0.3 is 23.7 Å². The van der Waals surface area contributed by atoms with Crippen molar-refractivity contribution in [3.63, 3.8) is 0 Å². The van der Waals surface area contributed by atoms with Crippen LogP contribution in [0.1, 0.15) is 39.3 Å². The van der Waals surface area contributed by atoms with Gasteiger partial charge in [-0.2, -0.15) is 0 Å². The van der Waals surface area contributed by atoms with E-state index >= 15 is 0 Å². The zero-order chi connectivity index (χ0) is 33.0. The molecular formula is C40H41N5O3. The quantitative estimate of drug-likeness (QED) is 0.162. The minimum atomic E-state index is -0.0350. The Hall–Kier alpha value is -5.21. The molecule has 6 aromatic rings. The van der Waals surface area contributed by atoms with Gasteiger partial charge in [0.15, 0.2) is 0 Å². The normalized spacial score (nSPS) is 13.8. The lowest BCUT2D eigenvalue weighted by Gasteiger charge is -2.32. The lowest BCUT2D eigenvalue weighted by molar-refractivity contribution is 0.0682. The molecule has 1 aliphatic heterocycles. The van der Waals surface area contributed by atoms with Crippen molar-refractivity contribution >= 4 is 33.4 Å². The summed E-state index contributed by atoms with van der Waals surface area (Å²) >= 11 is 0. The second-order valence-electron chi connectivity index (χ2n) is 12.8. The van der Waals surface area contributed by atoms with Crippen LogP contribution in [-0.4, -0.2) is 76.1 Å². The number of carbonyl (C=O) groups excluding carboxylic acids is 2. The maximum atomic E-state index is 13.8. The fourth-order valence-corrected chi connectivity index (χ4v) is 6.91. The third-order valence-electron chi connectivity index (χ3n) is 9.66. The summed E-state index contributed by atoms with van der Waals surface area (Å²) in [5.41, 5.74) is 4.45. The van der Waals surface area contributed by atoms with E-state index in [1.54, 1.807) is 12.0 Å². The molecule has 244 valence electrons. The third kappa shape index (κ3) is 6.49. The predicted octanol–water partition coefficient (Wildman–Crippen LogP) is 6.98. The third-order valence-corrected chi connectivity index (χ3v) is 9.66. The lowest BCUT2D eigenvalue weighted by Crippen LogP contribution is -2.39. The topological polar surface area (TPSA) is 72.6 Å². The Bertz CT molecular complexity index is 2060. The predicted molar refractivity (Wildman–Crippen MR) is 190 cm³/mol. The largest absolute Gasteiger partial charge is 0.383 e. The molecule has 0 bridgehead atoms. The molecule has 3 heterocycles. The molecule has 0 unspecified atom stereocenters. The van der Waals surface area contributed by atoms with Crippen LogP contribution in [0.3, 0.4) is 0 Å². The van der Waals surface area contributed by atoms with E-state index in [0.717, 1.165) is 76.4 Å². The number of amides is 2. The van der Waals surface area contributed by atoms with E-state index in [9.17, 15) is 9.59 Å². The maximum absolute atomic E-state index is 13.8. The zero-order valence-electron chi connectivity index (χ0n) is 27.6. The van der Waals surface area contributed by atoms with Crippen LogP contribution in [0, 0.1) is 5.92 Å². The first-order valence-corrected chi connectivity index (χ1v) is 16.7. The Morgan fingerprint density at radius 2 is 1.62 bits per heavy atom. The summed E-state index contributed by atoms with van der Waals surface area (Å²) in [6.45, 7) is 3.91. The molecule has 0 radical (unpaired) electrons. The highest BCUT2D eigenvalue weighted by Gasteiger charge is 2.25. The SMILES string of the molecule is COCCN(C)C(=O)c1cn(Cc2cncn2CC2CCN(C(=O)c3ccc4ccccc4c3)CC2)cc1-c1cccc2ccccc12. The van der Waals surface area contributed by atoms with Gasteiger partial charge in [0.2, 0.25) is 0 Å². The first kappa shape index (κ1) is 31.4. The van der Waals surface area contributed by atoms with Gasteiger partial charge in [0.1, 0.15) is 0 Å². The highest BCUT2D eigenvalue weighted by Crippen LogP contribution is 2.33. The zero-order valence-corrected chi connectivity index (χ0v) is 27.6. The number of rotatable bonds is 10. The number of piperidine rings is 1. The average molecular weight is 640 g/mol. The molecule has 0 spiro atoms. The first-order valence-electron chi connectivity index (χ1n) is 16.7. The monoisotopic (exact) mass is 639 g/mol. The number of benzene rings is 4. The number of hydrogen-bond acceptors (Lipinski definition) is 4. The summed E-state index contributed by atoms with van der Waals surface area (Å²) in [5, 5.41) is 4.48. The molecule has 7 rings (SSSR count). The van der Waals surface area contributed by atoms with Crippen molar-refractivity contribution in [1.29, 1.82) is 0 Å². The summed E-state index contributed by atoms with van der Waals surface area (Å²) in [6.07, 6.45) is 9.77. The number of fused-ring (bicyclic) bond motifs is 2. The second kappa shape index (κ2) is 13.9. The summed E-state index contributed by atoms with van der Waals surface area (Å²) in [7, 11) is 3.47. The van der Waals surface area contributed by atoms with Gasteiger partial charge in [0.25, 0.3) is 11.8 Å². The van der Waals surface area contributed by atoms with Crippen molar-refractivity contribution in [2.45, 2.75) is 25.9 Å². The van der Waals surface area contributed by atoms with Gasteiger partial charge in [0, 0.05) is 70.1 Å². The summed E-state index contributed by atoms with van der Waals surface area (Å²) < 4.78 is 9.58. The van der Waals surface area contributed by atoms with Crippen molar-refractivity contribution in [3.05, 3.63) is 127 Å². The molecule has 1 aliphatic rings. The molecular weight excluding hydrogens is 598 g/mol. The van der Waals surface area contributed by atoms with E-state index in [0.29, 0.717) is 31.2 Å². The number of ether oxygens (including phenoxy) is 1. The second-order valence-corrected chi connectivity index (χ2v) is 12.8. The van der Waals surface area contributed by atoms with E-state index in [-0.39, 0.29) is 11.8 Å². The van der Waals surface area contributed by atoms with E-state index in [1.165, 1.54) is 0 Å². The molecule has 0 N–H and O–H groups in total. The lowest BCUT2D eigenvalue weighted by atomic mass is 9.96. The van der Waals surface area contributed by atoms with Crippen LogP contribution in [0.15, 0.2) is 110 Å². The number of carbonyl (C=O) groups is 2. The van der Waals surface area contributed by atoms with Gasteiger partial charge >= 0.3 is 0 Å². The molecule has 1 saturated heterocycles. The molecule has 2 amide bonds. The average Bonchev–Trinajstić information content (AvgIpc) is 3.76. The Kier molecular flexibility index (Phi) is 9.07. The fourth-order valence-electron chi connectivity index (χ4n) is 6.91. The first-order chi connectivity index (χ1) is 23.5. The van der Waals surface area contributed by atoms with Crippen molar-refractivity contribution in [2.24, 2.45) is 5.92 Å². The molecule has 0 aliphatic carbocycles. The van der Waals surface area contributed by atoms with Crippen molar-refractivity contribution in [3.8, 4) is 11.1 Å². The van der Waals surface area contributed by atoms with Crippen molar-refractivity contribution in [2.75, 3.05) is 40.4 Å². The Balaban J connectivity index is 1.07. The Morgan fingerprint density at radius 1 is 0.875 bits per heavy atom. The highest BCUT2D eigenvalue weighted by molar-refractivity contribution is 6.06. The smallest absolute Gasteiger partial charge is 0.255 e. The number of methoxy groups -OCH3 is 1. The van der Waals surface area contributed by atoms with Crippen LogP contribution in [0.25, 0.3) is 32.7 Å². The molecule has 2 aromatic heterocycles. The number of likely N-dealkylation sites (N-methyl/N-ethyl adjacent to an activating group) is 1. The fraction of sp³-hybridized carbons (Fsp3) is 0.275. The molecule has 8 heteroatoms. The van der Waals surface area contributed by atoms with Crippen molar-refractivity contribution < 1.29 is 14.3 Å². The van der Waals surface area contributed by atoms with Crippen LogP contribution in [-0.2, 0) is 17.8 Å². The molecule has 0 atom stereocenters. The number of imidazole rings is 1. The van der Waals surface area contributed by atoms with Gasteiger partial charge in [0.05, 0.1) is 30.7 Å². The molecule has 1 fully saturated rings. The Labute approximate surface area is 281 Å². The maximum Gasteiger partial charge on any atom is 0.255 e. The van der Waals surface area contributed by atoms with E-state index in [2.05, 4.69) is 56.7 Å². The van der Waals surface area contributed by atoms with Gasteiger partial charge in [-0.15, -0.1) is 0 Å². The number of nitrogens with zero attached hydrogens (tertiary/aromatic N) is 5. The molecule has 4 aromatic carbocycles. The van der Waals surface area contributed by atoms with Gasteiger partial charge in [-0.05, 0) is 58.0 Å². The van der Waals surface area contributed by atoms with Crippen LogP contribution >= 0.6 is 0 Å². The summed E-state index contributed by atoms with van der Waals surface area (Å²) in [5.74, 6) is 0.517. The van der Waals surface area contributed by atoms with Gasteiger partial charge in [-0.3, -0.25) is 9.59 Å². The standard InChI is InChI=1S/C40H41N5O3/c1-42(20-21-48-2)40(47)38-27-43(26-37(38)36-13-7-11-31-9-5-6-12-35(31)36)25-34-23-41-28-45(34)24-29-16-18-44(19-17-29)39(46)33-15-14-30-8-3-4-10-32(30)22-33/h3-15,22-23,26-29H,16-21,24-25H2,1-2H3. The van der Waals surface area contributed by atoms with Crippen LogP contribution in [0.2, 0.25) is 0 Å². The summed E-state index contributed by atoms with van der Waals surface area (Å²) in [6, 6.07) is 28.7. The van der Waals surface area contributed by atoms with E-state index in [1.807, 2.05) is 79.2 Å². The van der Waals surface area contributed by atoms with E-state index in [4.69, 9.17) is 4.74 Å². The minimum Gasteiger partial charge on any atom is -0.383 e. The number of aromatic nitrogens is 3. The Morgan fingerprint density at radius 3 is 2.44 bits per heavy atom. The van der Waals surface area contributed by atoms with Crippen molar-refractivity contribution in [1.82, 2.24) is 23.9 Å². The molecule has 8 nitrogen and oxygen atoms in total. The molecule has 0 saturated carbocycles. The number of hydrogen-bond donors (Lipinski definition) is 0. The highest BCUT2D eigenvalue weighted by atomic mass is 16.5. The van der Waals surface area contributed by atoms with E-state index < -0.39 is 0 Å². The van der Waals surface area contributed by atoms with Crippen LogP contribution in [0.4, 0.5) is 0 Å². The minimum absolute atomic E-state index is 0.0350. The number of likely N-dealkylation sites (tertiary alicyclic amines) is 1. The van der Waals surface area contributed by atoms with Crippen LogP contribution < -0.4 is 0 Å². The van der Waals surface area contributed by atoms with Gasteiger partial charge in [-0.1, -0.05) is 72.8 Å².